The number of aryl methyl sites for hydroxylation is 1. The molecule has 2 aromatic rings. The van der Waals surface area contributed by atoms with Crippen molar-refractivity contribution in [3.8, 4) is 17.0 Å². The SMILES string of the molecule is COc1nc(C)c(-c2cncc(N)c2)cc1C1(O)COC1. The first-order chi connectivity index (χ1) is 10.0. The highest BCUT2D eigenvalue weighted by molar-refractivity contribution is 5.69. The first-order valence-electron chi connectivity index (χ1n) is 6.60. The van der Waals surface area contributed by atoms with Crippen molar-refractivity contribution in [1.29, 1.82) is 0 Å². The quantitative estimate of drug-likeness (QED) is 0.883. The Bertz CT molecular complexity index is 684. The summed E-state index contributed by atoms with van der Waals surface area (Å²) in [5.41, 5.74) is 8.45. The number of nitrogens with two attached hydrogens (primary N) is 1. The number of hydrogen-bond donors (Lipinski definition) is 2. The standard InChI is InChI=1S/C15H17N3O3/c1-9-12(10-3-11(16)6-17-5-10)4-13(14(18-9)20-2)15(19)7-21-8-15/h3-6,19H,7-8,16H2,1-2H3. The maximum absolute atomic E-state index is 10.5. The molecule has 6 nitrogen and oxygen atoms in total. The molecule has 21 heavy (non-hydrogen) atoms. The normalized spacial score (nSPS) is 16.3. The van der Waals surface area contributed by atoms with Gasteiger partial charge in [0.2, 0.25) is 5.88 Å². The molecule has 0 atom stereocenters. The van der Waals surface area contributed by atoms with E-state index in [1.54, 1.807) is 12.4 Å². The second-order valence-electron chi connectivity index (χ2n) is 5.21. The number of nitrogens with zero attached hydrogens (tertiary/aromatic N) is 2. The Balaban J connectivity index is 2.15. The zero-order valence-electron chi connectivity index (χ0n) is 12.0. The van der Waals surface area contributed by atoms with Crippen LogP contribution in [0.5, 0.6) is 5.88 Å². The zero-order chi connectivity index (χ0) is 15.0. The molecule has 0 spiro atoms. The van der Waals surface area contributed by atoms with Crippen molar-refractivity contribution in [2.75, 3.05) is 26.1 Å². The lowest BCUT2D eigenvalue weighted by molar-refractivity contribution is -0.185. The molecular weight excluding hydrogens is 270 g/mol. The molecule has 1 aliphatic rings. The van der Waals surface area contributed by atoms with Gasteiger partial charge in [0.25, 0.3) is 0 Å². The van der Waals surface area contributed by atoms with Gasteiger partial charge in [-0.15, -0.1) is 0 Å². The Labute approximate surface area is 122 Å². The molecule has 0 amide bonds. The zero-order valence-corrected chi connectivity index (χ0v) is 12.0. The van der Waals surface area contributed by atoms with E-state index in [1.165, 1.54) is 7.11 Å². The largest absolute Gasteiger partial charge is 0.481 e. The van der Waals surface area contributed by atoms with E-state index >= 15 is 0 Å². The van der Waals surface area contributed by atoms with Crippen molar-refractivity contribution in [3.63, 3.8) is 0 Å². The van der Waals surface area contributed by atoms with E-state index < -0.39 is 5.60 Å². The minimum absolute atomic E-state index is 0.239. The Morgan fingerprint density at radius 3 is 2.67 bits per heavy atom. The fraction of sp³-hybridized carbons (Fsp3) is 0.333. The Morgan fingerprint density at radius 2 is 2.10 bits per heavy atom. The highest BCUT2D eigenvalue weighted by Crippen LogP contribution is 2.38. The van der Waals surface area contributed by atoms with E-state index in [2.05, 4.69) is 9.97 Å². The van der Waals surface area contributed by atoms with Crippen molar-refractivity contribution in [2.45, 2.75) is 12.5 Å². The molecule has 1 aliphatic heterocycles. The summed E-state index contributed by atoms with van der Waals surface area (Å²) in [7, 11) is 1.54. The van der Waals surface area contributed by atoms with Gasteiger partial charge in [-0.25, -0.2) is 4.98 Å². The minimum Gasteiger partial charge on any atom is -0.481 e. The Kier molecular flexibility index (Phi) is 3.27. The minimum atomic E-state index is -1.05. The van der Waals surface area contributed by atoms with Gasteiger partial charge in [0.05, 0.1) is 31.6 Å². The fourth-order valence-corrected chi connectivity index (χ4v) is 2.42. The second-order valence-corrected chi connectivity index (χ2v) is 5.21. The van der Waals surface area contributed by atoms with Gasteiger partial charge >= 0.3 is 0 Å². The van der Waals surface area contributed by atoms with Gasteiger partial charge in [-0.2, -0.15) is 0 Å². The van der Waals surface area contributed by atoms with Crippen LogP contribution < -0.4 is 10.5 Å². The maximum Gasteiger partial charge on any atom is 0.219 e. The fourth-order valence-electron chi connectivity index (χ4n) is 2.42. The van der Waals surface area contributed by atoms with Crippen LogP contribution in [0.15, 0.2) is 24.5 Å². The van der Waals surface area contributed by atoms with Gasteiger partial charge in [0.1, 0.15) is 5.60 Å². The number of aromatic nitrogens is 2. The second kappa shape index (κ2) is 4.98. The predicted molar refractivity (Wildman–Crippen MR) is 77.9 cm³/mol. The van der Waals surface area contributed by atoms with Gasteiger partial charge in [-0.3, -0.25) is 4.98 Å². The molecule has 3 rings (SSSR count). The van der Waals surface area contributed by atoms with Gasteiger partial charge in [-0.1, -0.05) is 0 Å². The van der Waals surface area contributed by atoms with E-state index in [0.717, 1.165) is 16.8 Å². The summed E-state index contributed by atoms with van der Waals surface area (Å²) < 4.78 is 10.4. The molecule has 0 radical (unpaired) electrons. The molecular formula is C15H17N3O3. The van der Waals surface area contributed by atoms with Crippen LogP contribution >= 0.6 is 0 Å². The molecule has 0 saturated carbocycles. The molecule has 3 N–H and O–H groups in total. The summed E-state index contributed by atoms with van der Waals surface area (Å²) in [6, 6.07) is 3.70. The Morgan fingerprint density at radius 1 is 1.33 bits per heavy atom. The van der Waals surface area contributed by atoms with Crippen molar-refractivity contribution >= 4 is 5.69 Å². The Hall–Kier alpha value is -2.18. The van der Waals surface area contributed by atoms with Crippen molar-refractivity contribution in [1.82, 2.24) is 9.97 Å². The molecule has 6 heteroatoms. The summed E-state index contributed by atoms with van der Waals surface area (Å²) >= 11 is 0. The van der Waals surface area contributed by atoms with Crippen LogP contribution in [-0.2, 0) is 10.3 Å². The van der Waals surface area contributed by atoms with Crippen molar-refractivity contribution < 1.29 is 14.6 Å². The molecule has 2 aromatic heterocycles. The van der Waals surface area contributed by atoms with E-state index in [0.29, 0.717) is 17.1 Å². The van der Waals surface area contributed by atoms with Crippen LogP contribution in [0.4, 0.5) is 5.69 Å². The van der Waals surface area contributed by atoms with Gasteiger partial charge < -0.3 is 20.3 Å². The maximum atomic E-state index is 10.5. The molecule has 0 bridgehead atoms. The number of hydrogen-bond acceptors (Lipinski definition) is 6. The number of nitrogen functional groups attached to an aromatic ring is 1. The average Bonchev–Trinajstić information content (AvgIpc) is 2.44. The summed E-state index contributed by atoms with van der Waals surface area (Å²) in [6.45, 7) is 2.36. The first kappa shape index (κ1) is 13.8. The topological polar surface area (TPSA) is 90.5 Å². The lowest BCUT2D eigenvalue weighted by atomic mass is 9.90. The van der Waals surface area contributed by atoms with Crippen molar-refractivity contribution in [3.05, 3.63) is 35.8 Å². The number of rotatable bonds is 3. The van der Waals surface area contributed by atoms with E-state index in [-0.39, 0.29) is 13.2 Å². The summed E-state index contributed by atoms with van der Waals surface area (Å²) in [4.78, 5) is 8.54. The summed E-state index contributed by atoms with van der Waals surface area (Å²) in [5.74, 6) is 0.416. The highest BCUT2D eigenvalue weighted by Gasteiger charge is 2.41. The van der Waals surface area contributed by atoms with Crippen LogP contribution in [0.25, 0.3) is 11.1 Å². The molecule has 1 saturated heterocycles. The van der Waals surface area contributed by atoms with E-state index in [1.807, 2.05) is 19.1 Å². The molecule has 1 fully saturated rings. The van der Waals surface area contributed by atoms with Crippen molar-refractivity contribution in [2.24, 2.45) is 0 Å². The molecule has 0 aliphatic carbocycles. The molecule has 110 valence electrons. The molecule has 3 heterocycles. The highest BCUT2D eigenvalue weighted by atomic mass is 16.5. The molecule has 0 aromatic carbocycles. The van der Waals surface area contributed by atoms with E-state index in [9.17, 15) is 5.11 Å². The van der Waals surface area contributed by atoms with Crippen LogP contribution in [0.2, 0.25) is 0 Å². The third kappa shape index (κ3) is 2.32. The van der Waals surface area contributed by atoms with E-state index in [4.69, 9.17) is 15.2 Å². The van der Waals surface area contributed by atoms with Crippen LogP contribution in [0, 0.1) is 6.92 Å². The average molecular weight is 287 g/mol. The van der Waals surface area contributed by atoms with Gasteiger partial charge in [-0.05, 0) is 19.1 Å². The van der Waals surface area contributed by atoms with Crippen LogP contribution in [-0.4, -0.2) is 35.4 Å². The first-order valence-corrected chi connectivity index (χ1v) is 6.60. The van der Waals surface area contributed by atoms with Crippen LogP contribution in [0.3, 0.4) is 0 Å². The van der Waals surface area contributed by atoms with Gasteiger partial charge in [0.15, 0.2) is 0 Å². The number of anilines is 1. The van der Waals surface area contributed by atoms with Crippen LogP contribution in [0.1, 0.15) is 11.3 Å². The lowest BCUT2D eigenvalue weighted by Gasteiger charge is -2.37. The summed E-state index contributed by atoms with van der Waals surface area (Å²) in [5, 5.41) is 10.5. The number of aliphatic hydroxyl groups is 1. The number of methoxy groups -OCH3 is 1. The molecule has 0 unspecified atom stereocenters. The third-order valence-corrected chi connectivity index (χ3v) is 3.62. The monoisotopic (exact) mass is 287 g/mol. The third-order valence-electron chi connectivity index (χ3n) is 3.62. The number of pyridine rings is 2. The lowest BCUT2D eigenvalue weighted by Crippen LogP contribution is -2.46. The number of ether oxygens (including phenoxy) is 2. The van der Waals surface area contributed by atoms with Gasteiger partial charge in [0, 0.05) is 29.2 Å². The predicted octanol–water partition coefficient (Wildman–Crippen LogP) is 1.26. The summed E-state index contributed by atoms with van der Waals surface area (Å²) in [6.07, 6.45) is 3.31. The smallest absolute Gasteiger partial charge is 0.219 e.